The van der Waals surface area contributed by atoms with Gasteiger partial charge in [-0.15, -0.1) is 0 Å². The number of aryl methyl sites for hydroxylation is 2. The van der Waals surface area contributed by atoms with Crippen LogP contribution >= 0.6 is 0 Å². The summed E-state index contributed by atoms with van der Waals surface area (Å²) in [7, 11) is 0. The predicted octanol–water partition coefficient (Wildman–Crippen LogP) is 3.07. The van der Waals surface area contributed by atoms with Gasteiger partial charge in [-0.1, -0.05) is 19.9 Å². The number of rotatable bonds is 1. The highest BCUT2D eigenvalue weighted by Crippen LogP contribution is 2.21. The molecule has 2 aromatic heterocycles. The van der Waals surface area contributed by atoms with E-state index in [-0.39, 0.29) is 0 Å². The van der Waals surface area contributed by atoms with Crippen LogP contribution in [-0.4, -0.2) is 9.38 Å². The van der Waals surface area contributed by atoms with Crippen LogP contribution in [0.3, 0.4) is 0 Å². The predicted molar refractivity (Wildman–Crippen MR) is 58.8 cm³/mol. The smallest absolute Gasteiger partial charge is 0.140 e. The average molecular weight is 188 g/mol. The molecule has 0 aliphatic heterocycles. The van der Waals surface area contributed by atoms with Gasteiger partial charge in [0, 0.05) is 17.6 Å². The maximum atomic E-state index is 4.46. The Morgan fingerprint density at radius 2 is 1.86 bits per heavy atom. The maximum absolute atomic E-state index is 4.46. The molecule has 0 N–H and O–H groups in total. The molecule has 0 radical (unpaired) electrons. The van der Waals surface area contributed by atoms with Crippen LogP contribution in [0, 0.1) is 13.8 Å². The standard InChI is InChI=1S/C12H16N2/c1-8(2)11-6-5-9(3)14-10(4)7-13-12(11)14/h5-8H,1-4H3. The fourth-order valence-corrected chi connectivity index (χ4v) is 1.90. The molecule has 0 aromatic carbocycles. The van der Waals surface area contributed by atoms with Crippen LogP contribution < -0.4 is 0 Å². The van der Waals surface area contributed by atoms with Crippen molar-refractivity contribution in [1.29, 1.82) is 0 Å². The van der Waals surface area contributed by atoms with Crippen molar-refractivity contribution in [3.8, 4) is 0 Å². The summed E-state index contributed by atoms with van der Waals surface area (Å²) in [5.41, 5.74) is 4.89. The summed E-state index contributed by atoms with van der Waals surface area (Å²) in [6, 6.07) is 4.35. The van der Waals surface area contributed by atoms with Crippen molar-refractivity contribution in [2.24, 2.45) is 0 Å². The SMILES string of the molecule is Cc1ccc(C(C)C)c2ncc(C)n12. The van der Waals surface area contributed by atoms with E-state index in [1.165, 1.54) is 17.0 Å². The first kappa shape index (κ1) is 9.25. The van der Waals surface area contributed by atoms with E-state index < -0.39 is 0 Å². The van der Waals surface area contributed by atoms with Gasteiger partial charge >= 0.3 is 0 Å². The summed E-state index contributed by atoms with van der Waals surface area (Å²) < 4.78 is 2.22. The lowest BCUT2D eigenvalue weighted by molar-refractivity contribution is 0.857. The molecule has 0 amide bonds. The second-order valence-corrected chi connectivity index (χ2v) is 4.14. The van der Waals surface area contributed by atoms with Crippen LogP contribution in [-0.2, 0) is 0 Å². The normalized spacial score (nSPS) is 11.5. The third-order valence-electron chi connectivity index (χ3n) is 2.68. The fourth-order valence-electron chi connectivity index (χ4n) is 1.90. The van der Waals surface area contributed by atoms with Gasteiger partial charge in [-0.3, -0.25) is 0 Å². The zero-order chi connectivity index (χ0) is 10.3. The molecule has 0 saturated carbocycles. The summed E-state index contributed by atoms with van der Waals surface area (Å²) in [6.45, 7) is 8.62. The Morgan fingerprint density at radius 1 is 1.14 bits per heavy atom. The van der Waals surface area contributed by atoms with Crippen LogP contribution in [0.5, 0.6) is 0 Å². The number of hydrogen-bond donors (Lipinski definition) is 0. The van der Waals surface area contributed by atoms with E-state index in [1.807, 2.05) is 6.20 Å². The molecular formula is C12H16N2. The van der Waals surface area contributed by atoms with Crippen LogP contribution in [0.2, 0.25) is 0 Å². The monoisotopic (exact) mass is 188 g/mol. The van der Waals surface area contributed by atoms with Gasteiger partial charge in [0.05, 0.1) is 0 Å². The Kier molecular flexibility index (Phi) is 2.06. The van der Waals surface area contributed by atoms with Crippen LogP contribution in [0.25, 0.3) is 5.65 Å². The highest BCUT2D eigenvalue weighted by Gasteiger charge is 2.09. The third-order valence-corrected chi connectivity index (χ3v) is 2.68. The minimum absolute atomic E-state index is 0.528. The van der Waals surface area contributed by atoms with E-state index in [0.717, 1.165) is 5.65 Å². The van der Waals surface area contributed by atoms with E-state index in [9.17, 15) is 0 Å². The van der Waals surface area contributed by atoms with Gasteiger partial charge in [0.2, 0.25) is 0 Å². The summed E-state index contributed by atoms with van der Waals surface area (Å²) >= 11 is 0. The van der Waals surface area contributed by atoms with Crippen LogP contribution in [0.1, 0.15) is 36.7 Å². The third kappa shape index (κ3) is 1.22. The Balaban J connectivity index is 2.83. The van der Waals surface area contributed by atoms with Crippen LogP contribution in [0.4, 0.5) is 0 Å². The van der Waals surface area contributed by atoms with Crippen molar-refractivity contribution < 1.29 is 0 Å². The molecule has 0 fully saturated rings. The molecule has 2 nitrogen and oxygen atoms in total. The zero-order valence-corrected chi connectivity index (χ0v) is 9.20. The molecule has 0 atom stereocenters. The van der Waals surface area contributed by atoms with Crippen molar-refractivity contribution >= 4 is 5.65 Å². The summed E-state index contributed by atoms with van der Waals surface area (Å²) in [5.74, 6) is 0.528. The number of hydrogen-bond acceptors (Lipinski definition) is 1. The fraction of sp³-hybridized carbons (Fsp3) is 0.417. The molecule has 0 aliphatic rings. The lowest BCUT2D eigenvalue weighted by Gasteiger charge is -2.09. The van der Waals surface area contributed by atoms with Crippen molar-refractivity contribution in [1.82, 2.24) is 9.38 Å². The van der Waals surface area contributed by atoms with Crippen LogP contribution in [0.15, 0.2) is 18.3 Å². The van der Waals surface area contributed by atoms with E-state index in [0.29, 0.717) is 5.92 Å². The van der Waals surface area contributed by atoms with Crippen molar-refractivity contribution in [2.75, 3.05) is 0 Å². The molecule has 2 heterocycles. The zero-order valence-electron chi connectivity index (χ0n) is 9.20. The van der Waals surface area contributed by atoms with Gasteiger partial charge in [0.1, 0.15) is 5.65 Å². The van der Waals surface area contributed by atoms with E-state index in [2.05, 4.69) is 49.2 Å². The second kappa shape index (κ2) is 3.12. The minimum atomic E-state index is 0.528. The van der Waals surface area contributed by atoms with Gasteiger partial charge < -0.3 is 4.40 Å². The summed E-state index contributed by atoms with van der Waals surface area (Å²) in [4.78, 5) is 4.46. The van der Waals surface area contributed by atoms with Gasteiger partial charge in [-0.2, -0.15) is 0 Å². The summed E-state index contributed by atoms with van der Waals surface area (Å²) in [6.07, 6.45) is 1.94. The highest BCUT2D eigenvalue weighted by atomic mass is 15.0. The van der Waals surface area contributed by atoms with Gasteiger partial charge in [-0.05, 0) is 31.4 Å². The molecule has 74 valence electrons. The quantitative estimate of drug-likeness (QED) is 0.672. The Morgan fingerprint density at radius 3 is 2.50 bits per heavy atom. The first-order valence-electron chi connectivity index (χ1n) is 5.05. The number of aromatic nitrogens is 2. The molecular weight excluding hydrogens is 172 g/mol. The second-order valence-electron chi connectivity index (χ2n) is 4.14. The lowest BCUT2D eigenvalue weighted by Crippen LogP contribution is -1.98. The molecule has 0 spiro atoms. The van der Waals surface area contributed by atoms with Crippen molar-refractivity contribution in [3.63, 3.8) is 0 Å². The molecule has 0 aliphatic carbocycles. The number of pyridine rings is 1. The van der Waals surface area contributed by atoms with E-state index >= 15 is 0 Å². The van der Waals surface area contributed by atoms with Crippen molar-refractivity contribution in [3.05, 3.63) is 35.3 Å². The summed E-state index contributed by atoms with van der Waals surface area (Å²) in [5, 5.41) is 0. The first-order valence-corrected chi connectivity index (χ1v) is 5.05. The van der Waals surface area contributed by atoms with Crippen molar-refractivity contribution in [2.45, 2.75) is 33.6 Å². The van der Waals surface area contributed by atoms with E-state index in [4.69, 9.17) is 0 Å². The lowest BCUT2D eigenvalue weighted by atomic mass is 10.0. The van der Waals surface area contributed by atoms with E-state index in [1.54, 1.807) is 0 Å². The van der Waals surface area contributed by atoms with Gasteiger partial charge in [0.15, 0.2) is 0 Å². The van der Waals surface area contributed by atoms with Gasteiger partial charge in [0.25, 0.3) is 0 Å². The topological polar surface area (TPSA) is 17.3 Å². The first-order chi connectivity index (χ1) is 6.61. The molecule has 0 bridgehead atoms. The highest BCUT2D eigenvalue weighted by molar-refractivity contribution is 5.52. The number of imidazole rings is 1. The molecule has 2 rings (SSSR count). The Labute approximate surface area is 84.6 Å². The largest absolute Gasteiger partial charge is 0.301 e. The maximum Gasteiger partial charge on any atom is 0.140 e. The molecule has 14 heavy (non-hydrogen) atoms. The minimum Gasteiger partial charge on any atom is -0.301 e. The molecule has 0 saturated heterocycles. The average Bonchev–Trinajstić information content (AvgIpc) is 2.49. The Hall–Kier alpha value is -1.31. The van der Waals surface area contributed by atoms with Gasteiger partial charge in [-0.25, -0.2) is 4.98 Å². The number of nitrogens with zero attached hydrogens (tertiary/aromatic N) is 2. The Bertz CT molecular complexity index is 466. The molecule has 0 unspecified atom stereocenters. The molecule has 2 heteroatoms. The molecule has 2 aromatic rings. The number of fused-ring (bicyclic) bond motifs is 1.